The first kappa shape index (κ1) is 12.6. The number of phenolic OH excluding ortho intramolecular Hbond substituents is 1. The minimum atomic E-state index is -1.91. The van der Waals surface area contributed by atoms with Crippen molar-refractivity contribution in [2.24, 2.45) is 0 Å². The smallest absolute Gasteiger partial charge is 0.207 e. The number of ether oxygens (including phenoxy) is 2. The van der Waals surface area contributed by atoms with Crippen LogP contribution in [0.4, 0.5) is 17.6 Å². The SMILES string of the molecule is CCOCOc1c(F)c(F)c(O)c(F)c1F. The van der Waals surface area contributed by atoms with Crippen LogP contribution in [0.3, 0.4) is 0 Å². The molecule has 7 heteroatoms. The van der Waals surface area contributed by atoms with Gasteiger partial charge in [-0.15, -0.1) is 0 Å². The Hall–Kier alpha value is -1.50. The molecule has 0 bridgehead atoms. The molecule has 0 saturated carbocycles. The van der Waals surface area contributed by atoms with Crippen molar-refractivity contribution in [3.63, 3.8) is 0 Å². The van der Waals surface area contributed by atoms with Crippen molar-refractivity contribution in [1.82, 2.24) is 0 Å². The van der Waals surface area contributed by atoms with Crippen molar-refractivity contribution in [3.8, 4) is 11.5 Å². The van der Waals surface area contributed by atoms with Gasteiger partial charge in [0, 0.05) is 6.61 Å². The van der Waals surface area contributed by atoms with Gasteiger partial charge in [0.05, 0.1) is 0 Å². The summed E-state index contributed by atoms with van der Waals surface area (Å²) in [7, 11) is 0. The topological polar surface area (TPSA) is 38.7 Å². The van der Waals surface area contributed by atoms with Gasteiger partial charge in [0.2, 0.25) is 23.3 Å². The van der Waals surface area contributed by atoms with Gasteiger partial charge in [0.1, 0.15) is 0 Å². The average Bonchev–Trinajstić information content (AvgIpc) is 2.28. The lowest BCUT2D eigenvalue weighted by Crippen LogP contribution is -2.08. The summed E-state index contributed by atoms with van der Waals surface area (Å²) >= 11 is 0. The van der Waals surface area contributed by atoms with Crippen molar-refractivity contribution >= 4 is 0 Å². The van der Waals surface area contributed by atoms with Gasteiger partial charge in [0.15, 0.2) is 18.3 Å². The van der Waals surface area contributed by atoms with Crippen LogP contribution in [-0.2, 0) is 4.74 Å². The van der Waals surface area contributed by atoms with E-state index < -0.39 is 41.6 Å². The second-order valence-electron chi connectivity index (χ2n) is 2.69. The van der Waals surface area contributed by atoms with Crippen LogP contribution in [0.2, 0.25) is 0 Å². The van der Waals surface area contributed by atoms with Crippen LogP contribution in [-0.4, -0.2) is 18.5 Å². The first-order chi connectivity index (χ1) is 7.50. The molecule has 0 aromatic heterocycles. The molecule has 90 valence electrons. The maximum absolute atomic E-state index is 13.0. The summed E-state index contributed by atoms with van der Waals surface area (Å²) in [6, 6.07) is 0. The number of hydrogen-bond acceptors (Lipinski definition) is 3. The summed E-state index contributed by atoms with van der Waals surface area (Å²) in [6.07, 6.45) is 0. The van der Waals surface area contributed by atoms with E-state index in [1.807, 2.05) is 0 Å². The molecular weight excluding hydrogens is 232 g/mol. The highest BCUT2D eigenvalue weighted by Gasteiger charge is 2.26. The first-order valence-electron chi connectivity index (χ1n) is 4.26. The molecule has 1 aromatic rings. The Morgan fingerprint density at radius 1 is 1.00 bits per heavy atom. The Kier molecular flexibility index (Phi) is 3.94. The van der Waals surface area contributed by atoms with Crippen molar-refractivity contribution < 1.29 is 32.1 Å². The summed E-state index contributed by atoms with van der Waals surface area (Å²) < 4.78 is 60.6. The fraction of sp³-hybridized carbons (Fsp3) is 0.333. The Morgan fingerprint density at radius 2 is 1.50 bits per heavy atom. The Balaban J connectivity index is 3.08. The summed E-state index contributed by atoms with van der Waals surface area (Å²) in [5, 5.41) is 8.65. The van der Waals surface area contributed by atoms with E-state index in [9.17, 15) is 17.6 Å². The van der Waals surface area contributed by atoms with E-state index in [1.54, 1.807) is 6.92 Å². The maximum atomic E-state index is 13.0. The van der Waals surface area contributed by atoms with E-state index in [1.165, 1.54) is 0 Å². The third kappa shape index (κ3) is 2.19. The molecule has 0 unspecified atom stereocenters. The molecule has 16 heavy (non-hydrogen) atoms. The number of rotatable bonds is 4. The summed E-state index contributed by atoms with van der Waals surface area (Å²) in [5.41, 5.74) is 0. The van der Waals surface area contributed by atoms with Gasteiger partial charge < -0.3 is 14.6 Å². The lowest BCUT2D eigenvalue weighted by Gasteiger charge is -2.10. The molecule has 0 amide bonds. The van der Waals surface area contributed by atoms with Gasteiger partial charge in [-0.1, -0.05) is 0 Å². The largest absolute Gasteiger partial charge is 0.503 e. The van der Waals surface area contributed by atoms with Crippen LogP contribution in [0, 0.1) is 23.3 Å². The molecule has 1 aromatic carbocycles. The van der Waals surface area contributed by atoms with Crippen LogP contribution in [0.1, 0.15) is 6.92 Å². The van der Waals surface area contributed by atoms with Crippen LogP contribution in [0.5, 0.6) is 11.5 Å². The highest BCUT2D eigenvalue weighted by Crippen LogP contribution is 2.33. The minimum Gasteiger partial charge on any atom is -0.503 e. The molecule has 0 spiro atoms. The van der Waals surface area contributed by atoms with Gasteiger partial charge in [-0.2, -0.15) is 17.6 Å². The third-order valence-electron chi connectivity index (χ3n) is 1.69. The Morgan fingerprint density at radius 3 is 1.94 bits per heavy atom. The predicted octanol–water partition coefficient (Wildman–Crippen LogP) is 2.32. The third-order valence-corrected chi connectivity index (χ3v) is 1.69. The number of aromatic hydroxyl groups is 1. The molecule has 1 N–H and O–H groups in total. The lowest BCUT2D eigenvalue weighted by molar-refractivity contribution is 0.0166. The number of halogens is 4. The molecule has 0 fully saturated rings. The van der Waals surface area contributed by atoms with E-state index in [2.05, 4.69) is 9.47 Å². The van der Waals surface area contributed by atoms with Crippen molar-refractivity contribution in [1.29, 1.82) is 0 Å². The van der Waals surface area contributed by atoms with Gasteiger partial charge >= 0.3 is 0 Å². The molecule has 0 saturated heterocycles. The predicted molar refractivity (Wildman–Crippen MR) is 45.1 cm³/mol. The van der Waals surface area contributed by atoms with Gasteiger partial charge in [-0.3, -0.25) is 0 Å². The van der Waals surface area contributed by atoms with Crippen LogP contribution in [0.15, 0.2) is 0 Å². The highest BCUT2D eigenvalue weighted by atomic mass is 19.2. The zero-order valence-corrected chi connectivity index (χ0v) is 8.19. The highest BCUT2D eigenvalue weighted by molar-refractivity contribution is 5.37. The summed E-state index contributed by atoms with van der Waals surface area (Å²) in [4.78, 5) is 0. The molecule has 0 aliphatic rings. The monoisotopic (exact) mass is 240 g/mol. The standard InChI is InChI=1S/C9H8F4O3/c1-2-15-3-16-9-6(12)4(10)8(14)5(11)7(9)13/h14H,2-3H2,1H3. The Labute approximate surface area is 88.2 Å². The van der Waals surface area contributed by atoms with Gasteiger partial charge in [0.25, 0.3) is 0 Å². The van der Waals surface area contributed by atoms with E-state index in [4.69, 9.17) is 5.11 Å². The fourth-order valence-corrected chi connectivity index (χ4v) is 0.911. The van der Waals surface area contributed by atoms with Crippen LogP contribution < -0.4 is 4.74 Å². The van der Waals surface area contributed by atoms with E-state index in [0.29, 0.717) is 0 Å². The number of phenols is 1. The van der Waals surface area contributed by atoms with Crippen LogP contribution in [0.25, 0.3) is 0 Å². The van der Waals surface area contributed by atoms with E-state index >= 15 is 0 Å². The molecule has 0 atom stereocenters. The summed E-state index contributed by atoms with van der Waals surface area (Å²) in [6.45, 7) is 1.23. The molecular formula is C9H8F4O3. The lowest BCUT2D eigenvalue weighted by atomic mass is 10.2. The van der Waals surface area contributed by atoms with E-state index in [-0.39, 0.29) is 6.61 Å². The second kappa shape index (κ2) is 5.02. The summed E-state index contributed by atoms with van der Waals surface area (Å²) in [5.74, 6) is -10.4. The van der Waals surface area contributed by atoms with Crippen molar-refractivity contribution in [2.75, 3.05) is 13.4 Å². The zero-order valence-electron chi connectivity index (χ0n) is 8.19. The molecule has 1 rings (SSSR count). The fourth-order valence-electron chi connectivity index (χ4n) is 0.911. The number of benzene rings is 1. The van der Waals surface area contributed by atoms with Gasteiger partial charge in [-0.05, 0) is 6.92 Å². The molecule has 3 nitrogen and oxygen atoms in total. The molecule has 0 aliphatic carbocycles. The van der Waals surface area contributed by atoms with Crippen molar-refractivity contribution in [2.45, 2.75) is 6.92 Å². The molecule has 0 radical (unpaired) electrons. The quantitative estimate of drug-likeness (QED) is 0.380. The molecule has 0 heterocycles. The van der Waals surface area contributed by atoms with Gasteiger partial charge in [-0.25, -0.2) is 0 Å². The first-order valence-corrected chi connectivity index (χ1v) is 4.26. The average molecular weight is 240 g/mol. The Bertz CT molecular complexity index is 366. The maximum Gasteiger partial charge on any atom is 0.207 e. The second-order valence-corrected chi connectivity index (χ2v) is 2.69. The number of hydrogen-bond donors (Lipinski definition) is 1. The van der Waals surface area contributed by atoms with Crippen molar-refractivity contribution in [3.05, 3.63) is 23.3 Å². The zero-order chi connectivity index (χ0) is 12.3. The van der Waals surface area contributed by atoms with E-state index in [0.717, 1.165) is 0 Å². The molecule has 0 aliphatic heterocycles. The normalized spacial score (nSPS) is 10.6. The minimum absolute atomic E-state index is 0.201. The van der Waals surface area contributed by atoms with Crippen LogP contribution >= 0.6 is 0 Å².